The van der Waals surface area contributed by atoms with Crippen molar-refractivity contribution < 1.29 is 4.74 Å². The fourth-order valence-electron chi connectivity index (χ4n) is 3.64. The number of unbranched alkanes of at least 4 members (excludes halogenated alkanes) is 15. The minimum Gasteiger partial charge on any atom is -0.478 e. The van der Waals surface area contributed by atoms with Gasteiger partial charge in [0.05, 0.1) is 6.61 Å². The fourth-order valence-corrected chi connectivity index (χ4v) is 3.64. The molecule has 1 rings (SSSR count). The summed E-state index contributed by atoms with van der Waals surface area (Å²) in [6.45, 7) is 5.71. The van der Waals surface area contributed by atoms with Gasteiger partial charge in [-0.15, -0.1) is 0 Å². The van der Waals surface area contributed by atoms with Gasteiger partial charge in [-0.25, -0.2) is 0 Å². The summed E-state index contributed by atoms with van der Waals surface area (Å²) in [5.74, 6) is 1.54. The van der Waals surface area contributed by atoms with Gasteiger partial charge in [0.15, 0.2) is 0 Å². The van der Waals surface area contributed by atoms with E-state index in [4.69, 9.17) is 10.5 Å². The lowest BCUT2D eigenvalue weighted by molar-refractivity contribution is 0.327. The second kappa shape index (κ2) is 18.5. The zero-order valence-electron chi connectivity index (χ0n) is 19.2. The van der Waals surface area contributed by atoms with Crippen molar-refractivity contribution >= 4 is 11.8 Å². The molecule has 29 heavy (non-hydrogen) atoms. The van der Waals surface area contributed by atoms with Crippen LogP contribution in [0, 0.1) is 0 Å². The van der Waals surface area contributed by atoms with E-state index in [2.05, 4.69) is 22.2 Å². The van der Waals surface area contributed by atoms with Gasteiger partial charge in [0, 0.05) is 12.6 Å². The highest BCUT2D eigenvalue weighted by molar-refractivity contribution is 5.42. The average Bonchev–Trinajstić information content (AvgIpc) is 2.70. The van der Waals surface area contributed by atoms with Crippen LogP contribution in [0.5, 0.6) is 5.88 Å². The molecule has 0 aromatic carbocycles. The van der Waals surface area contributed by atoms with Gasteiger partial charge >= 0.3 is 0 Å². The molecule has 0 unspecified atom stereocenters. The maximum Gasteiger partial charge on any atom is 0.225 e. The molecular formula is C24H46N4O. The van der Waals surface area contributed by atoms with E-state index in [-0.39, 0.29) is 5.95 Å². The van der Waals surface area contributed by atoms with Gasteiger partial charge in [0.1, 0.15) is 5.82 Å². The molecule has 0 aliphatic heterocycles. The van der Waals surface area contributed by atoms with Crippen LogP contribution in [-0.2, 0) is 0 Å². The summed E-state index contributed by atoms with van der Waals surface area (Å²) in [6.07, 6.45) is 22.2. The molecule has 1 aromatic rings. The molecule has 0 saturated carbocycles. The van der Waals surface area contributed by atoms with Crippen molar-refractivity contribution in [1.82, 2.24) is 9.97 Å². The first kappa shape index (κ1) is 25.5. The molecule has 1 heterocycles. The molecule has 0 atom stereocenters. The highest BCUT2D eigenvalue weighted by Gasteiger charge is 2.02. The lowest BCUT2D eigenvalue weighted by Gasteiger charge is -2.08. The lowest BCUT2D eigenvalue weighted by Crippen LogP contribution is -2.07. The molecule has 5 heteroatoms. The Bertz CT molecular complexity index is 496. The van der Waals surface area contributed by atoms with Gasteiger partial charge in [-0.1, -0.05) is 103 Å². The predicted octanol–water partition coefficient (Wildman–Crippen LogP) is 7.13. The molecule has 0 aliphatic carbocycles. The maximum atomic E-state index is 5.71. The first-order valence-corrected chi connectivity index (χ1v) is 12.3. The van der Waals surface area contributed by atoms with Gasteiger partial charge in [0.2, 0.25) is 11.8 Å². The van der Waals surface area contributed by atoms with Crippen LogP contribution in [0.25, 0.3) is 0 Å². The van der Waals surface area contributed by atoms with Crippen LogP contribution in [0.15, 0.2) is 6.07 Å². The Balaban J connectivity index is 1.85. The SMILES string of the molecule is CCCCCCCCCCCCCCCCCCNc1cc(OCC)nc(N)n1. The summed E-state index contributed by atoms with van der Waals surface area (Å²) >= 11 is 0. The molecule has 0 amide bonds. The summed E-state index contributed by atoms with van der Waals surface area (Å²) in [6, 6.07) is 1.81. The van der Waals surface area contributed by atoms with Crippen molar-refractivity contribution in [2.24, 2.45) is 0 Å². The normalized spacial score (nSPS) is 11.0. The standard InChI is InChI=1S/C24H46N4O/c1-3-5-6-7-8-9-10-11-12-13-14-15-16-17-18-19-20-26-22-21-23(29-4-2)28-24(25)27-22/h21H,3-20H2,1-2H3,(H3,25,26,27,28). The Morgan fingerprint density at radius 2 is 1.21 bits per heavy atom. The fraction of sp³-hybridized carbons (Fsp3) is 0.833. The third-order valence-corrected chi connectivity index (χ3v) is 5.35. The second-order valence-corrected chi connectivity index (χ2v) is 8.11. The zero-order valence-corrected chi connectivity index (χ0v) is 19.2. The molecule has 0 fully saturated rings. The lowest BCUT2D eigenvalue weighted by atomic mass is 10.0. The quantitative estimate of drug-likeness (QED) is 0.225. The summed E-state index contributed by atoms with van der Waals surface area (Å²) in [7, 11) is 0. The summed E-state index contributed by atoms with van der Waals surface area (Å²) in [5, 5.41) is 3.32. The number of hydrogen-bond donors (Lipinski definition) is 2. The van der Waals surface area contributed by atoms with E-state index in [9.17, 15) is 0 Å². The number of aromatic nitrogens is 2. The minimum atomic E-state index is 0.255. The number of rotatable bonds is 20. The molecule has 5 nitrogen and oxygen atoms in total. The van der Waals surface area contributed by atoms with Crippen LogP contribution in [0.4, 0.5) is 11.8 Å². The van der Waals surface area contributed by atoms with E-state index >= 15 is 0 Å². The van der Waals surface area contributed by atoms with E-state index in [1.807, 2.05) is 13.0 Å². The number of hydrogen-bond acceptors (Lipinski definition) is 5. The van der Waals surface area contributed by atoms with Crippen molar-refractivity contribution in [3.63, 3.8) is 0 Å². The highest BCUT2D eigenvalue weighted by atomic mass is 16.5. The number of anilines is 2. The monoisotopic (exact) mass is 406 g/mol. The molecule has 0 aliphatic rings. The van der Waals surface area contributed by atoms with Crippen molar-refractivity contribution in [3.05, 3.63) is 6.07 Å². The van der Waals surface area contributed by atoms with Crippen LogP contribution in [0.3, 0.4) is 0 Å². The highest BCUT2D eigenvalue weighted by Crippen LogP contribution is 2.16. The van der Waals surface area contributed by atoms with Crippen molar-refractivity contribution in [2.75, 3.05) is 24.2 Å². The topological polar surface area (TPSA) is 73.1 Å². The van der Waals surface area contributed by atoms with Gasteiger partial charge in [-0.05, 0) is 13.3 Å². The van der Waals surface area contributed by atoms with Crippen LogP contribution in [0.2, 0.25) is 0 Å². The Morgan fingerprint density at radius 3 is 1.69 bits per heavy atom. The molecule has 1 aromatic heterocycles. The molecule has 0 spiro atoms. The molecule has 3 N–H and O–H groups in total. The van der Waals surface area contributed by atoms with E-state index in [1.165, 1.54) is 96.3 Å². The summed E-state index contributed by atoms with van der Waals surface area (Å²) in [5.41, 5.74) is 5.71. The van der Waals surface area contributed by atoms with Crippen LogP contribution < -0.4 is 15.8 Å². The maximum absolute atomic E-state index is 5.71. The number of nitrogen functional groups attached to an aromatic ring is 1. The molecule has 0 bridgehead atoms. The molecule has 168 valence electrons. The number of nitrogens with one attached hydrogen (secondary N) is 1. The third kappa shape index (κ3) is 15.0. The summed E-state index contributed by atoms with van der Waals surface area (Å²) < 4.78 is 5.39. The van der Waals surface area contributed by atoms with Crippen LogP contribution >= 0.6 is 0 Å². The third-order valence-electron chi connectivity index (χ3n) is 5.35. The van der Waals surface area contributed by atoms with E-state index in [0.717, 1.165) is 18.8 Å². The number of nitrogens with zero attached hydrogens (tertiary/aromatic N) is 2. The van der Waals surface area contributed by atoms with E-state index < -0.39 is 0 Å². The first-order chi connectivity index (χ1) is 14.3. The second-order valence-electron chi connectivity index (χ2n) is 8.11. The minimum absolute atomic E-state index is 0.255. The Labute approximate surface area is 179 Å². The van der Waals surface area contributed by atoms with E-state index in [1.54, 1.807) is 0 Å². The van der Waals surface area contributed by atoms with Crippen LogP contribution in [-0.4, -0.2) is 23.1 Å². The van der Waals surface area contributed by atoms with Gasteiger partial charge < -0.3 is 15.8 Å². The first-order valence-electron chi connectivity index (χ1n) is 12.3. The van der Waals surface area contributed by atoms with Crippen molar-refractivity contribution in [2.45, 2.75) is 117 Å². The zero-order chi connectivity index (χ0) is 21.0. The number of nitrogens with two attached hydrogens (primary N) is 1. The smallest absolute Gasteiger partial charge is 0.225 e. The van der Waals surface area contributed by atoms with Crippen molar-refractivity contribution in [1.29, 1.82) is 0 Å². The number of ether oxygens (including phenoxy) is 1. The van der Waals surface area contributed by atoms with Crippen LogP contribution in [0.1, 0.15) is 117 Å². The predicted molar refractivity (Wildman–Crippen MR) is 126 cm³/mol. The van der Waals surface area contributed by atoms with Gasteiger partial charge in [-0.3, -0.25) is 0 Å². The Hall–Kier alpha value is -1.52. The molecule has 0 radical (unpaired) electrons. The largest absolute Gasteiger partial charge is 0.478 e. The average molecular weight is 407 g/mol. The molecular weight excluding hydrogens is 360 g/mol. The van der Waals surface area contributed by atoms with E-state index in [0.29, 0.717) is 12.5 Å². The van der Waals surface area contributed by atoms with Crippen molar-refractivity contribution in [3.8, 4) is 5.88 Å². The molecule has 0 saturated heterocycles. The summed E-state index contributed by atoms with van der Waals surface area (Å²) in [4.78, 5) is 8.26. The van der Waals surface area contributed by atoms with Gasteiger partial charge in [-0.2, -0.15) is 9.97 Å². The van der Waals surface area contributed by atoms with Gasteiger partial charge in [0.25, 0.3) is 0 Å². The Morgan fingerprint density at radius 1 is 0.724 bits per heavy atom. The Kier molecular flexibility index (Phi) is 16.3.